The molecule has 1 fully saturated rings. The van der Waals surface area contributed by atoms with Crippen LogP contribution >= 0.6 is 11.6 Å². The predicted molar refractivity (Wildman–Crippen MR) is 80.0 cm³/mol. The molecule has 1 N–H and O–H groups in total. The first-order chi connectivity index (χ1) is 10.8. The van der Waals surface area contributed by atoms with Crippen molar-refractivity contribution in [2.45, 2.75) is 31.0 Å². The molecular formula is C15H14ClF3N2O2. The number of carbonyl (C=O) groups is 1. The van der Waals surface area contributed by atoms with Crippen LogP contribution < -0.4 is 5.32 Å². The molecule has 1 aliphatic heterocycles. The Morgan fingerprint density at radius 2 is 2.13 bits per heavy atom. The van der Waals surface area contributed by atoms with Crippen LogP contribution in [-0.4, -0.2) is 25.0 Å². The summed E-state index contributed by atoms with van der Waals surface area (Å²) in [7, 11) is 0. The van der Waals surface area contributed by atoms with Crippen molar-refractivity contribution in [3.8, 4) is 0 Å². The summed E-state index contributed by atoms with van der Waals surface area (Å²) in [4.78, 5) is 14.9. The van der Waals surface area contributed by atoms with Gasteiger partial charge in [0.25, 0.3) is 0 Å². The lowest BCUT2D eigenvalue weighted by Crippen LogP contribution is -2.47. The van der Waals surface area contributed by atoms with Crippen LogP contribution in [0.4, 0.5) is 23.7 Å². The Morgan fingerprint density at radius 1 is 1.39 bits per heavy atom. The van der Waals surface area contributed by atoms with Crippen LogP contribution in [0.25, 0.3) is 0 Å². The number of hydrogen-bond donors (Lipinski definition) is 1. The molecule has 1 heterocycles. The third kappa shape index (κ3) is 2.95. The van der Waals surface area contributed by atoms with Crippen LogP contribution in [0.15, 0.2) is 23.2 Å². The minimum Gasteiger partial charge on any atom is -0.356 e. The van der Waals surface area contributed by atoms with E-state index < -0.39 is 17.8 Å². The zero-order valence-corrected chi connectivity index (χ0v) is 12.7. The van der Waals surface area contributed by atoms with Gasteiger partial charge in [0.2, 0.25) is 5.60 Å². The van der Waals surface area contributed by atoms with Crippen LogP contribution in [0.3, 0.4) is 0 Å². The van der Waals surface area contributed by atoms with Gasteiger partial charge in [-0.15, -0.1) is 0 Å². The van der Waals surface area contributed by atoms with Crippen molar-refractivity contribution < 1.29 is 22.7 Å². The molecule has 8 heteroatoms. The summed E-state index contributed by atoms with van der Waals surface area (Å²) < 4.78 is 47.0. The minimum atomic E-state index is -4.79. The van der Waals surface area contributed by atoms with Crippen molar-refractivity contribution in [3.63, 3.8) is 0 Å². The van der Waals surface area contributed by atoms with E-state index in [1.807, 2.05) is 0 Å². The molecule has 23 heavy (non-hydrogen) atoms. The summed E-state index contributed by atoms with van der Waals surface area (Å²) in [6, 6.07) is 2.99. The number of nitrogens with zero attached hydrogens (tertiary/aromatic N) is 1. The molecule has 0 spiro atoms. The second-order valence-corrected chi connectivity index (χ2v) is 6.16. The molecule has 0 saturated heterocycles. The summed E-state index contributed by atoms with van der Waals surface area (Å²) >= 11 is 5.86. The molecular weight excluding hydrogens is 333 g/mol. The highest BCUT2D eigenvalue weighted by Gasteiger charge is 2.58. The Bertz CT molecular complexity index is 659. The van der Waals surface area contributed by atoms with Gasteiger partial charge in [0, 0.05) is 16.3 Å². The first-order valence-electron chi connectivity index (χ1n) is 7.19. The van der Waals surface area contributed by atoms with Gasteiger partial charge >= 0.3 is 12.2 Å². The Kier molecular flexibility index (Phi) is 4.10. The van der Waals surface area contributed by atoms with Crippen molar-refractivity contribution in [2.24, 2.45) is 10.9 Å². The number of aliphatic imine (C=N–C) groups is 1. The zero-order chi connectivity index (χ0) is 16.7. The molecule has 2 aliphatic rings. The maximum absolute atomic E-state index is 13.9. The fraction of sp³-hybridized carbons (Fsp3) is 0.467. The molecule has 0 unspecified atom stereocenters. The normalized spacial score (nSPS) is 24.6. The molecule has 124 valence electrons. The number of halogens is 4. The van der Waals surface area contributed by atoms with Crippen molar-refractivity contribution in [1.29, 1.82) is 0 Å². The summed E-state index contributed by atoms with van der Waals surface area (Å²) in [6.07, 6.45) is -1.59. The molecule has 2 amide bonds. The first-order valence-corrected chi connectivity index (χ1v) is 7.56. The summed E-state index contributed by atoms with van der Waals surface area (Å²) in [6.45, 7) is -0.0499. The van der Waals surface area contributed by atoms with E-state index in [1.165, 1.54) is 12.1 Å². The smallest absolute Gasteiger partial charge is 0.356 e. The van der Waals surface area contributed by atoms with Crippen LogP contribution in [0, 0.1) is 5.92 Å². The fourth-order valence-electron chi connectivity index (χ4n) is 2.63. The first kappa shape index (κ1) is 16.3. The lowest BCUT2D eigenvalue weighted by atomic mass is 9.85. The standard InChI is InChI=1S/C15H14ClF3N2O2/c16-10-4-5-12-11(6-10)14(15(17,18)19,8-20-13(22)21-12)23-7-9-2-1-3-9/h4-6,8-9H,1-3,7H2,(H,21,22)/t14-/m1/s1. The van der Waals surface area contributed by atoms with E-state index in [0.29, 0.717) is 6.21 Å². The molecule has 4 nitrogen and oxygen atoms in total. The van der Waals surface area contributed by atoms with Gasteiger partial charge in [0.05, 0.1) is 12.8 Å². The number of urea groups is 1. The minimum absolute atomic E-state index is 0.0113. The average molecular weight is 347 g/mol. The SMILES string of the molecule is O=C1N=C[C@](OCC2CCC2)(C(F)(F)F)c2cc(Cl)ccc2N1. The van der Waals surface area contributed by atoms with E-state index in [1.54, 1.807) is 0 Å². The van der Waals surface area contributed by atoms with Crippen LogP contribution in [-0.2, 0) is 10.3 Å². The highest BCUT2D eigenvalue weighted by Crippen LogP contribution is 2.46. The number of amides is 2. The second kappa shape index (κ2) is 5.79. The molecule has 0 bridgehead atoms. The van der Waals surface area contributed by atoms with Crippen LogP contribution in [0.1, 0.15) is 24.8 Å². The number of benzene rings is 1. The van der Waals surface area contributed by atoms with Gasteiger partial charge in [0.1, 0.15) is 0 Å². The van der Waals surface area contributed by atoms with Gasteiger partial charge in [-0.25, -0.2) is 9.79 Å². The summed E-state index contributed by atoms with van der Waals surface area (Å²) in [5, 5.41) is 2.44. The van der Waals surface area contributed by atoms with Gasteiger partial charge in [-0.2, -0.15) is 13.2 Å². The van der Waals surface area contributed by atoms with Crippen molar-refractivity contribution in [3.05, 3.63) is 28.8 Å². The second-order valence-electron chi connectivity index (χ2n) is 5.72. The Balaban J connectivity index is 2.10. The van der Waals surface area contributed by atoms with Crippen LogP contribution in [0.2, 0.25) is 5.02 Å². The lowest BCUT2D eigenvalue weighted by Gasteiger charge is -2.36. The topological polar surface area (TPSA) is 50.7 Å². The molecule has 1 aromatic rings. The fourth-order valence-corrected chi connectivity index (χ4v) is 2.80. The number of rotatable bonds is 3. The third-order valence-electron chi connectivity index (χ3n) is 4.18. The van der Waals surface area contributed by atoms with Gasteiger partial charge in [-0.05, 0) is 37.0 Å². The average Bonchev–Trinajstić information content (AvgIpc) is 2.54. The van der Waals surface area contributed by atoms with Crippen molar-refractivity contribution in [2.75, 3.05) is 11.9 Å². The maximum Gasteiger partial charge on any atom is 0.427 e. The zero-order valence-electron chi connectivity index (χ0n) is 12.0. The number of alkyl halides is 3. The van der Waals surface area contributed by atoms with Gasteiger partial charge < -0.3 is 10.1 Å². The van der Waals surface area contributed by atoms with E-state index >= 15 is 0 Å². The largest absolute Gasteiger partial charge is 0.427 e. The summed E-state index contributed by atoms with van der Waals surface area (Å²) in [5.74, 6) is 0.0946. The molecule has 0 radical (unpaired) electrons. The third-order valence-corrected chi connectivity index (χ3v) is 4.41. The number of hydrogen-bond acceptors (Lipinski definition) is 2. The van der Waals surface area contributed by atoms with E-state index in [9.17, 15) is 18.0 Å². The number of carbonyl (C=O) groups excluding carboxylic acids is 1. The molecule has 3 rings (SSSR count). The van der Waals surface area contributed by atoms with E-state index in [4.69, 9.17) is 16.3 Å². The molecule has 1 atom stereocenters. The molecule has 1 aromatic carbocycles. The maximum atomic E-state index is 13.9. The molecule has 0 aromatic heterocycles. The van der Waals surface area contributed by atoms with E-state index in [-0.39, 0.29) is 28.8 Å². The van der Waals surface area contributed by atoms with Gasteiger partial charge in [-0.1, -0.05) is 18.0 Å². The number of anilines is 1. The quantitative estimate of drug-likeness (QED) is 0.874. The van der Waals surface area contributed by atoms with Crippen LogP contribution in [0.5, 0.6) is 0 Å². The van der Waals surface area contributed by atoms with E-state index in [2.05, 4.69) is 10.3 Å². The van der Waals surface area contributed by atoms with Crippen molar-refractivity contribution in [1.82, 2.24) is 0 Å². The lowest BCUT2D eigenvalue weighted by molar-refractivity contribution is -0.256. The number of nitrogens with one attached hydrogen (secondary N) is 1. The van der Waals surface area contributed by atoms with Gasteiger partial charge in [-0.3, -0.25) is 0 Å². The Morgan fingerprint density at radius 3 is 2.74 bits per heavy atom. The monoisotopic (exact) mass is 346 g/mol. The van der Waals surface area contributed by atoms with Crippen molar-refractivity contribution >= 4 is 29.5 Å². The Labute approximate surface area is 135 Å². The van der Waals surface area contributed by atoms with Gasteiger partial charge in [0.15, 0.2) is 0 Å². The highest BCUT2D eigenvalue weighted by molar-refractivity contribution is 6.30. The summed E-state index contributed by atoms with van der Waals surface area (Å²) in [5.41, 5.74) is -3.06. The Hall–Kier alpha value is -1.60. The number of fused-ring (bicyclic) bond motifs is 1. The molecule has 1 saturated carbocycles. The van der Waals surface area contributed by atoms with E-state index in [0.717, 1.165) is 25.3 Å². The molecule has 1 aliphatic carbocycles. The number of ether oxygens (including phenoxy) is 1. The highest BCUT2D eigenvalue weighted by atomic mass is 35.5. The predicted octanol–water partition coefficient (Wildman–Crippen LogP) is 4.53.